The molecular weight excluding hydrogens is 324 g/mol. The lowest BCUT2D eigenvalue weighted by atomic mass is 10.2. The molecule has 2 rings (SSSR count). The van der Waals surface area contributed by atoms with Gasteiger partial charge in [0.2, 0.25) is 0 Å². The fraction of sp³-hybridized carbons (Fsp3) is 0. The molecule has 0 fully saturated rings. The Morgan fingerprint density at radius 1 is 1.37 bits per heavy atom. The predicted octanol–water partition coefficient (Wildman–Crippen LogP) is 2.84. The Bertz CT molecular complexity index is 712. The van der Waals surface area contributed by atoms with E-state index in [1.54, 1.807) is 16.8 Å². The Morgan fingerprint density at radius 2 is 2.11 bits per heavy atom. The van der Waals surface area contributed by atoms with Gasteiger partial charge in [0, 0.05) is 10.9 Å². The van der Waals surface area contributed by atoms with Crippen LogP contribution in [0.15, 0.2) is 39.9 Å². The molecule has 3 N–H and O–H groups in total. The van der Waals surface area contributed by atoms with Gasteiger partial charge in [-0.15, -0.1) is 0 Å². The third-order valence-electron chi connectivity index (χ3n) is 2.28. The molecule has 0 unspecified atom stereocenters. The molecule has 0 aliphatic carbocycles. The van der Waals surface area contributed by atoms with Gasteiger partial charge < -0.3 is 5.73 Å². The van der Waals surface area contributed by atoms with Crippen LogP contribution >= 0.6 is 35.2 Å². The SMILES string of the molecule is NC(=S)c1ccc(S(=O)(=O)Nc2ccsc2)c(Cl)c1. The first-order chi connectivity index (χ1) is 8.90. The maximum atomic E-state index is 12.1. The zero-order valence-corrected chi connectivity index (χ0v) is 12.7. The van der Waals surface area contributed by atoms with Crippen LogP contribution in [0.25, 0.3) is 0 Å². The van der Waals surface area contributed by atoms with E-state index in [9.17, 15) is 8.42 Å². The summed E-state index contributed by atoms with van der Waals surface area (Å²) in [6.45, 7) is 0. The number of benzene rings is 1. The van der Waals surface area contributed by atoms with Crippen molar-refractivity contribution in [3.8, 4) is 0 Å². The number of halogens is 1. The van der Waals surface area contributed by atoms with Crippen LogP contribution in [0.1, 0.15) is 5.56 Å². The zero-order chi connectivity index (χ0) is 14.0. The van der Waals surface area contributed by atoms with Gasteiger partial charge in [0.05, 0.1) is 10.7 Å². The molecule has 0 saturated heterocycles. The highest BCUT2D eigenvalue weighted by molar-refractivity contribution is 7.92. The summed E-state index contributed by atoms with van der Waals surface area (Å²) in [4.78, 5) is 0.150. The molecule has 4 nitrogen and oxygen atoms in total. The second-order valence-corrected chi connectivity index (χ2v) is 6.90. The van der Waals surface area contributed by atoms with Crippen LogP contribution in [0.5, 0.6) is 0 Å². The van der Waals surface area contributed by atoms with Crippen LogP contribution in [0.2, 0.25) is 5.02 Å². The van der Waals surface area contributed by atoms with E-state index in [-0.39, 0.29) is 14.9 Å². The van der Waals surface area contributed by atoms with Crippen LogP contribution < -0.4 is 10.5 Å². The first kappa shape index (κ1) is 14.3. The smallest absolute Gasteiger partial charge is 0.263 e. The molecule has 2 aromatic rings. The second-order valence-electron chi connectivity index (χ2n) is 3.63. The number of thiophene rings is 1. The molecule has 0 aliphatic rings. The van der Waals surface area contributed by atoms with Crippen molar-refractivity contribution in [2.75, 3.05) is 4.72 Å². The van der Waals surface area contributed by atoms with Crippen LogP contribution in [0, 0.1) is 0 Å². The van der Waals surface area contributed by atoms with Gasteiger partial charge >= 0.3 is 0 Å². The Morgan fingerprint density at radius 3 is 2.63 bits per heavy atom. The van der Waals surface area contributed by atoms with Crippen molar-refractivity contribution < 1.29 is 8.42 Å². The molecule has 0 bridgehead atoms. The topological polar surface area (TPSA) is 72.2 Å². The number of nitrogens with two attached hydrogens (primary N) is 1. The van der Waals surface area contributed by atoms with E-state index in [1.165, 1.54) is 29.5 Å². The van der Waals surface area contributed by atoms with Gasteiger partial charge in [-0.2, -0.15) is 11.3 Å². The zero-order valence-electron chi connectivity index (χ0n) is 9.46. The molecule has 1 aromatic heterocycles. The molecule has 0 spiro atoms. The van der Waals surface area contributed by atoms with Crippen LogP contribution in [0.3, 0.4) is 0 Å². The lowest BCUT2D eigenvalue weighted by Gasteiger charge is -2.09. The van der Waals surface area contributed by atoms with Crippen molar-refractivity contribution in [3.63, 3.8) is 0 Å². The maximum Gasteiger partial charge on any atom is 0.263 e. The van der Waals surface area contributed by atoms with Crippen LogP contribution in [0.4, 0.5) is 5.69 Å². The summed E-state index contributed by atoms with van der Waals surface area (Å²) in [7, 11) is -3.72. The van der Waals surface area contributed by atoms with Crippen molar-refractivity contribution in [3.05, 3.63) is 45.6 Å². The second kappa shape index (κ2) is 5.46. The fourth-order valence-electron chi connectivity index (χ4n) is 1.40. The van der Waals surface area contributed by atoms with Crippen molar-refractivity contribution >= 4 is 55.9 Å². The molecule has 1 aromatic carbocycles. The standard InChI is InChI=1S/C11H9ClN2O2S3/c12-9-5-7(11(13)17)1-2-10(9)19(15,16)14-8-3-4-18-6-8/h1-6,14H,(H2,13,17). The summed E-state index contributed by atoms with van der Waals surface area (Å²) < 4.78 is 26.7. The highest BCUT2D eigenvalue weighted by Gasteiger charge is 2.18. The van der Waals surface area contributed by atoms with Gasteiger partial charge in [-0.25, -0.2) is 8.42 Å². The molecule has 100 valence electrons. The molecule has 1 heterocycles. The van der Waals surface area contributed by atoms with E-state index in [4.69, 9.17) is 29.6 Å². The van der Waals surface area contributed by atoms with E-state index in [2.05, 4.69) is 4.72 Å². The van der Waals surface area contributed by atoms with Crippen molar-refractivity contribution in [2.45, 2.75) is 4.90 Å². The Kier molecular flexibility index (Phi) is 4.10. The molecule has 0 aliphatic heterocycles. The maximum absolute atomic E-state index is 12.1. The van der Waals surface area contributed by atoms with Crippen LogP contribution in [-0.4, -0.2) is 13.4 Å². The van der Waals surface area contributed by atoms with Crippen molar-refractivity contribution in [2.24, 2.45) is 5.73 Å². The fourth-order valence-corrected chi connectivity index (χ4v) is 3.79. The third kappa shape index (κ3) is 3.24. The summed E-state index contributed by atoms with van der Waals surface area (Å²) >= 11 is 12.2. The van der Waals surface area contributed by atoms with Crippen molar-refractivity contribution in [1.82, 2.24) is 0 Å². The monoisotopic (exact) mass is 332 g/mol. The van der Waals surface area contributed by atoms with Gasteiger partial charge in [-0.05, 0) is 23.6 Å². The first-order valence-corrected chi connectivity index (χ1v) is 8.26. The van der Waals surface area contributed by atoms with Gasteiger partial charge in [0.25, 0.3) is 10.0 Å². The number of nitrogens with one attached hydrogen (secondary N) is 1. The lowest BCUT2D eigenvalue weighted by Crippen LogP contribution is -2.14. The summed E-state index contributed by atoms with van der Waals surface area (Å²) in [5, 5.41) is 3.54. The quantitative estimate of drug-likeness (QED) is 0.844. The summed E-state index contributed by atoms with van der Waals surface area (Å²) in [6, 6.07) is 6.01. The van der Waals surface area contributed by atoms with Crippen LogP contribution in [-0.2, 0) is 10.0 Å². The Balaban J connectivity index is 2.38. The number of hydrogen-bond donors (Lipinski definition) is 2. The predicted molar refractivity (Wildman–Crippen MR) is 82.5 cm³/mol. The highest BCUT2D eigenvalue weighted by atomic mass is 35.5. The normalized spacial score (nSPS) is 11.2. The molecule has 19 heavy (non-hydrogen) atoms. The molecule has 0 saturated carbocycles. The third-order valence-corrected chi connectivity index (χ3v) is 5.06. The Labute approximate surface area is 125 Å². The molecule has 0 atom stereocenters. The molecule has 0 radical (unpaired) electrons. The first-order valence-electron chi connectivity index (χ1n) is 5.04. The number of thiocarbonyl (C=S) groups is 1. The molecule has 8 heteroatoms. The number of anilines is 1. The average Bonchev–Trinajstić information content (AvgIpc) is 2.80. The number of rotatable bonds is 4. The minimum atomic E-state index is -3.72. The Hall–Kier alpha value is -1.15. The van der Waals surface area contributed by atoms with E-state index in [0.717, 1.165) is 0 Å². The van der Waals surface area contributed by atoms with E-state index < -0.39 is 10.0 Å². The number of sulfonamides is 1. The lowest BCUT2D eigenvalue weighted by molar-refractivity contribution is 0.601. The minimum Gasteiger partial charge on any atom is -0.389 e. The van der Waals surface area contributed by atoms with E-state index in [1.807, 2.05) is 0 Å². The minimum absolute atomic E-state index is 0.0135. The van der Waals surface area contributed by atoms with Gasteiger partial charge in [0.15, 0.2) is 0 Å². The average molecular weight is 333 g/mol. The largest absolute Gasteiger partial charge is 0.389 e. The molecular formula is C11H9ClN2O2S3. The van der Waals surface area contributed by atoms with Gasteiger partial charge in [0.1, 0.15) is 9.88 Å². The van der Waals surface area contributed by atoms with E-state index in [0.29, 0.717) is 11.3 Å². The summed E-state index contributed by atoms with van der Waals surface area (Å²) in [6.07, 6.45) is 0. The summed E-state index contributed by atoms with van der Waals surface area (Å²) in [5.74, 6) is 0. The number of hydrogen-bond acceptors (Lipinski definition) is 4. The van der Waals surface area contributed by atoms with E-state index >= 15 is 0 Å². The highest BCUT2D eigenvalue weighted by Crippen LogP contribution is 2.25. The van der Waals surface area contributed by atoms with Gasteiger partial charge in [-0.3, -0.25) is 4.72 Å². The van der Waals surface area contributed by atoms with Crippen molar-refractivity contribution in [1.29, 1.82) is 0 Å². The van der Waals surface area contributed by atoms with Gasteiger partial charge in [-0.1, -0.05) is 29.9 Å². The summed E-state index contributed by atoms with van der Waals surface area (Å²) in [5.41, 5.74) is 6.48. The molecule has 0 amide bonds.